The molecule has 0 spiro atoms. The van der Waals surface area contributed by atoms with E-state index < -0.39 is 5.91 Å². The molecular formula is C22H19ClN6O2S. The fraction of sp³-hybridized carbons (Fsp3) is 0.136. The van der Waals surface area contributed by atoms with Crippen LogP contribution in [0.2, 0.25) is 5.02 Å². The van der Waals surface area contributed by atoms with E-state index in [0.717, 1.165) is 11.3 Å². The zero-order chi connectivity index (χ0) is 22.5. The number of hydrogen-bond donors (Lipinski definition) is 1. The summed E-state index contributed by atoms with van der Waals surface area (Å²) in [6, 6.07) is 14.6. The van der Waals surface area contributed by atoms with E-state index in [-0.39, 0.29) is 5.69 Å². The number of halogens is 1. The second-order valence-corrected chi connectivity index (χ2v) is 8.13. The summed E-state index contributed by atoms with van der Waals surface area (Å²) >= 11 is 7.48. The van der Waals surface area contributed by atoms with E-state index >= 15 is 0 Å². The number of nitrogens with zero attached hydrogens (tertiary/aromatic N) is 5. The number of thioether (sulfide) groups is 1. The first-order chi connectivity index (χ1) is 15.5. The molecule has 162 valence electrons. The number of amides is 1. The SMILES string of the molecule is COc1ccc(Cl)cc1NC(=O)c1nnn(-c2ccc(C)cc2)c1CSc1ncccn1. The predicted molar refractivity (Wildman–Crippen MR) is 124 cm³/mol. The Labute approximate surface area is 194 Å². The first kappa shape index (κ1) is 21.8. The first-order valence-corrected chi connectivity index (χ1v) is 11.0. The molecule has 1 N–H and O–H groups in total. The number of nitrogens with one attached hydrogen (secondary N) is 1. The molecule has 0 fully saturated rings. The molecule has 0 saturated heterocycles. The lowest BCUT2D eigenvalue weighted by Gasteiger charge is -2.11. The van der Waals surface area contributed by atoms with Gasteiger partial charge in [0.25, 0.3) is 5.91 Å². The van der Waals surface area contributed by atoms with E-state index in [9.17, 15) is 4.79 Å². The van der Waals surface area contributed by atoms with Crippen molar-refractivity contribution < 1.29 is 9.53 Å². The van der Waals surface area contributed by atoms with Gasteiger partial charge >= 0.3 is 0 Å². The lowest BCUT2D eigenvalue weighted by molar-refractivity contribution is 0.102. The van der Waals surface area contributed by atoms with Crippen LogP contribution < -0.4 is 10.1 Å². The van der Waals surface area contributed by atoms with Crippen molar-refractivity contribution in [2.75, 3.05) is 12.4 Å². The summed E-state index contributed by atoms with van der Waals surface area (Å²) in [5.41, 5.74) is 3.17. The van der Waals surface area contributed by atoms with Crippen LogP contribution in [0.15, 0.2) is 66.1 Å². The Morgan fingerprint density at radius 1 is 1.16 bits per heavy atom. The third kappa shape index (κ3) is 4.90. The summed E-state index contributed by atoms with van der Waals surface area (Å²) in [6.07, 6.45) is 3.34. The van der Waals surface area contributed by atoms with Gasteiger partial charge in [-0.25, -0.2) is 14.6 Å². The quantitative estimate of drug-likeness (QED) is 0.315. The Morgan fingerprint density at radius 2 is 1.91 bits per heavy atom. The molecule has 32 heavy (non-hydrogen) atoms. The van der Waals surface area contributed by atoms with Gasteiger partial charge in [-0.1, -0.05) is 46.3 Å². The highest BCUT2D eigenvalue weighted by atomic mass is 35.5. The van der Waals surface area contributed by atoms with Gasteiger partial charge in [-0.05, 0) is 43.3 Å². The normalized spacial score (nSPS) is 10.7. The molecule has 1 amide bonds. The van der Waals surface area contributed by atoms with Gasteiger partial charge in [0, 0.05) is 23.2 Å². The Kier molecular flexibility index (Phi) is 6.67. The van der Waals surface area contributed by atoms with Gasteiger partial charge in [0.15, 0.2) is 10.9 Å². The molecule has 4 aromatic rings. The zero-order valence-electron chi connectivity index (χ0n) is 17.3. The van der Waals surface area contributed by atoms with Crippen LogP contribution in [0.25, 0.3) is 5.69 Å². The Morgan fingerprint density at radius 3 is 2.62 bits per heavy atom. The average molecular weight is 467 g/mol. The average Bonchev–Trinajstić information content (AvgIpc) is 3.23. The Balaban J connectivity index is 1.68. The van der Waals surface area contributed by atoms with Gasteiger partial charge in [-0.2, -0.15) is 0 Å². The number of carbonyl (C=O) groups excluding carboxylic acids is 1. The summed E-state index contributed by atoms with van der Waals surface area (Å²) in [5.74, 6) is 0.455. The van der Waals surface area contributed by atoms with Crippen LogP contribution in [-0.4, -0.2) is 38.0 Å². The van der Waals surface area contributed by atoms with Crippen molar-refractivity contribution in [3.05, 3.63) is 82.9 Å². The molecule has 10 heteroatoms. The number of carbonyl (C=O) groups is 1. The number of rotatable bonds is 7. The second kappa shape index (κ2) is 9.80. The molecule has 0 saturated carbocycles. The van der Waals surface area contributed by atoms with Crippen molar-refractivity contribution >= 4 is 35.0 Å². The van der Waals surface area contributed by atoms with Crippen LogP contribution in [0.4, 0.5) is 5.69 Å². The maximum absolute atomic E-state index is 13.2. The predicted octanol–water partition coefficient (Wildman–Crippen LogP) is 4.57. The molecule has 2 aromatic carbocycles. The van der Waals surface area contributed by atoms with Crippen LogP contribution in [0, 0.1) is 6.92 Å². The zero-order valence-corrected chi connectivity index (χ0v) is 18.9. The summed E-state index contributed by atoms with van der Waals surface area (Å²) in [5, 5.41) is 12.3. The molecule has 4 rings (SSSR count). The molecule has 0 atom stereocenters. The van der Waals surface area contributed by atoms with Gasteiger partial charge in [0.2, 0.25) is 0 Å². The van der Waals surface area contributed by atoms with Crippen LogP contribution >= 0.6 is 23.4 Å². The monoisotopic (exact) mass is 466 g/mol. The van der Waals surface area contributed by atoms with E-state index in [2.05, 4.69) is 25.6 Å². The Hall–Kier alpha value is -3.43. The van der Waals surface area contributed by atoms with Crippen molar-refractivity contribution in [1.29, 1.82) is 0 Å². The van der Waals surface area contributed by atoms with E-state index in [0.29, 0.717) is 33.1 Å². The van der Waals surface area contributed by atoms with Gasteiger partial charge in [0.1, 0.15) is 5.75 Å². The van der Waals surface area contributed by atoms with E-state index in [1.165, 1.54) is 18.9 Å². The van der Waals surface area contributed by atoms with Crippen molar-refractivity contribution in [2.24, 2.45) is 0 Å². The smallest absolute Gasteiger partial charge is 0.278 e. The lowest BCUT2D eigenvalue weighted by atomic mass is 10.2. The highest BCUT2D eigenvalue weighted by Crippen LogP contribution is 2.29. The molecule has 0 bridgehead atoms. The molecule has 8 nitrogen and oxygen atoms in total. The van der Waals surface area contributed by atoms with Crippen LogP contribution in [-0.2, 0) is 5.75 Å². The van der Waals surface area contributed by atoms with Gasteiger partial charge in [-0.3, -0.25) is 4.79 Å². The van der Waals surface area contributed by atoms with E-state index in [1.54, 1.807) is 41.3 Å². The molecule has 0 radical (unpaired) electrons. The number of methoxy groups -OCH3 is 1. The topological polar surface area (TPSA) is 94.8 Å². The van der Waals surface area contributed by atoms with Gasteiger partial charge < -0.3 is 10.1 Å². The largest absolute Gasteiger partial charge is 0.495 e. The van der Waals surface area contributed by atoms with Crippen molar-refractivity contribution in [3.8, 4) is 11.4 Å². The second-order valence-electron chi connectivity index (χ2n) is 6.75. The first-order valence-electron chi connectivity index (χ1n) is 9.61. The fourth-order valence-electron chi connectivity index (χ4n) is 2.95. The Bertz CT molecular complexity index is 1230. The maximum Gasteiger partial charge on any atom is 0.278 e. The lowest BCUT2D eigenvalue weighted by Crippen LogP contribution is -2.16. The summed E-state index contributed by atoms with van der Waals surface area (Å²) < 4.78 is 6.98. The molecule has 0 aliphatic heterocycles. The standard InChI is InChI=1S/C22H19ClN6O2S/c1-14-4-7-16(8-5-14)29-18(13-32-22-24-10-3-11-25-22)20(27-28-29)21(30)26-17-12-15(23)6-9-19(17)31-2/h3-12H,13H2,1-2H3,(H,26,30). The third-order valence-corrected chi connectivity index (χ3v) is 5.67. The molecule has 0 aliphatic carbocycles. The number of aromatic nitrogens is 5. The van der Waals surface area contributed by atoms with Gasteiger partial charge in [-0.15, -0.1) is 5.10 Å². The summed E-state index contributed by atoms with van der Waals surface area (Å²) in [7, 11) is 1.52. The van der Waals surface area contributed by atoms with Crippen LogP contribution in [0.3, 0.4) is 0 Å². The highest BCUT2D eigenvalue weighted by Gasteiger charge is 2.22. The van der Waals surface area contributed by atoms with Crippen LogP contribution in [0.1, 0.15) is 21.7 Å². The fourth-order valence-corrected chi connectivity index (χ4v) is 3.92. The minimum absolute atomic E-state index is 0.191. The molecule has 0 unspecified atom stereocenters. The number of aryl methyl sites for hydroxylation is 1. The summed E-state index contributed by atoms with van der Waals surface area (Å²) in [4.78, 5) is 21.6. The van der Waals surface area contributed by atoms with E-state index in [1.807, 2.05) is 31.2 Å². The number of hydrogen-bond acceptors (Lipinski definition) is 7. The van der Waals surface area contributed by atoms with Crippen LogP contribution in [0.5, 0.6) is 5.75 Å². The summed E-state index contributed by atoms with van der Waals surface area (Å²) in [6.45, 7) is 2.01. The highest BCUT2D eigenvalue weighted by molar-refractivity contribution is 7.98. The van der Waals surface area contributed by atoms with Crippen molar-refractivity contribution in [2.45, 2.75) is 17.8 Å². The number of benzene rings is 2. The molecular weight excluding hydrogens is 448 g/mol. The van der Waals surface area contributed by atoms with Gasteiger partial charge in [0.05, 0.1) is 24.2 Å². The van der Waals surface area contributed by atoms with Crippen molar-refractivity contribution in [3.63, 3.8) is 0 Å². The number of anilines is 1. The minimum atomic E-state index is -0.423. The number of ether oxygens (including phenoxy) is 1. The molecule has 0 aliphatic rings. The molecule has 2 heterocycles. The minimum Gasteiger partial charge on any atom is -0.495 e. The van der Waals surface area contributed by atoms with E-state index in [4.69, 9.17) is 16.3 Å². The third-order valence-electron chi connectivity index (χ3n) is 4.55. The maximum atomic E-state index is 13.2. The van der Waals surface area contributed by atoms with Crippen molar-refractivity contribution in [1.82, 2.24) is 25.0 Å². The molecule has 2 aromatic heterocycles.